The van der Waals surface area contributed by atoms with Gasteiger partial charge in [-0.3, -0.25) is 20.4 Å². The van der Waals surface area contributed by atoms with Crippen LogP contribution in [0.15, 0.2) is 132 Å². The maximum Gasteiger partial charge on any atom is 0.269 e. The summed E-state index contributed by atoms with van der Waals surface area (Å²) < 4.78 is 34.0. The molecule has 0 saturated heterocycles. The van der Waals surface area contributed by atoms with Crippen LogP contribution in [0.5, 0.6) is 5.75 Å². The van der Waals surface area contributed by atoms with Gasteiger partial charge in [0, 0.05) is 29.8 Å². The summed E-state index contributed by atoms with van der Waals surface area (Å²) in [7, 11) is -3.72. The largest absolute Gasteiger partial charge is 0.488 e. The molecule has 8 nitrogen and oxygen atoms in total. The van der Waals surface area contributed by atoms with Gasteiger partial charge in [0.05, 0.1) is 4.90 Å². The molecule has 0 saturated carbocycles. The van der Waals surface area contributed by atoms with E-state index in [-0.39, 0.29) is 10.5 Å². The zero-order valence-electron chi connectivity index (χ0n) is 24.3. The maximum atomic E-state index is 13.2. The highest BCUT2D eigenvalue weighted by atomic mass is 32.2. The lowest BCUT2D eigenvalue weighted by Gasteiger charge is -2.28. The lowest BCUT2D eigenvalue weighted by Crippen LogP contribution is -2.41. The Morgan fingerprint density at radius 3 is 1.93 bits per heavy atom. The van der Waals surface area contributed by atoms with Crippen LogP contribution in [0.4, 0.5) is 0 Å². The Balaban J connectivity index is 1.02. The van der Waals surface area contributed by atoms with Crippen molar-refractivity contribution in [2.75, 3.05) is 6.54 Å². The number of para-hydroxylation sites is 1. The average molecular weight is 618 g/mol. The number of ether oxygens (including phenoxy) is 1. The minimum Gasteiger partial charge on any atom is -0.488 e. The normalized spacial score (nSPS) is 13.0. The Labute approximate surface area is 262 Å². The Morgan fingerprint density at radius 2 is 1.24 bits per heavy atom. The summed E-state index contributed by atoms with van der Waals surface area (Å²) in [6, 6.07) is 38.2. The van der Waals surface area contributed by atoms with Gasteiger partial charge in [-0.15, -0.1) is 0 Å². The van der Waals surface area contributed by atoms with Crippen molar-refractivity contribution in [1.82, 2.24) is 15.2 Å². The number of fused-ring (bicyclic) bond motifs is 1. The molecule has 5 aromatic carbocycles. The number of rotatable bonds is 8. The van der Waals surface area contributed by atoms with Crippen LogP contribution in [0, 0.1) is 0 Å². The molecular formula is C36H31N3O5S. The number of carbonyl (C=O) groups excluding carboxylic acids is 2. The second kappa shape index (κ2) is 13.2. The van der Waals surface area contributed by atoms with E-state index in [2.05, 4.69) is 10.9 Å². The fraction of sp³-hybridized carbons (Fsp3) is 0.111. The quantitative estimate of drug-likeness (QED) is 0.216. The van der Waals surface area contributed by atoms with E-state index in [1.165, 1.54) is 28.6 Å². The summed E-state index contributed by atoms with van der Waals surface area (Å²) in [5.41, 5.74) is 10.4. The third kappa shape index (κ3) is 6.80. The number of nitrogens with one attached hydrogen (secondary N) is 2. The summed E-state index contributed by atoms with van der Waals surface area (Å²) in [6.07, 6.45) is 0.648. The van der Waals surface area contributed by atoms with Gasteiger partial charge in [0.25, 0.3) is 11.8 Å². The molecule has 45 heavy (non-hydrogen) atoms. The summed E-state index contributed by atoms with van der Waals surface area (Å²) in [5, 5.41) is 0. The van der Waals surface area contributed by atoms with Gasteiger partial charge < -0.3 is 4.74 Å². The Morgan fingerprint density at radius 1 is 0.667 bits per heavy atom. The zero-order valence-corrected chi connectivity index (χ0v) is 25.2. The van der Waals surface area contributed by atoms with Crippen LogP contribution in [0.3, 0.4) is 0 Å². The highest BCUT2D eigenvalue weighted by Crippen LogP contribution is 2.30. The Kier molecular flexibility index (Phi) is 8.72. The molecule has 226 valence electrons. The highest BCUT2D eigenvalue weighted by molar-refractivity contribution is 7.89. The predicted molar refractivity (Wildman–Crippen MR) is 172 cm³/mol. The first-order valence-corrected chi connectivity index (χ1v) is 16.0. The Bertz CT molecular complexity index is 1930. The monoisotopic (exact) mass is 617 g/mol. The SMILES string of the molecule is O=C(NNC(=O)c1ccc(S(=O)(=O)N2CCc3ccccc3C2)cc1)c1ccc(COc2ccccc2-c2ccccc2)cc1. The van der Waals surface area contributed by atoms with Crippen LogP contribution in [-0.2, 0) is 29.6 Å². The van der Waals surface area contributed by atoms with Gasteiger partial charge in [-0.25, -0.2) is 8.42 Å². The molecule has 1 heterocycles. The van der Waals surface area contributed by atoms with Crippen LogP contribution in [-0.4, -0.2) is 31.1 Å². The summed E-state index contributed by atoms with van der Waals surface area (Å²) in [5.74, 6) is -0.299. The van der Waals surface area contributed by atoms with Gasteiger partial charge in [-0.2, -0.15) is 4.31 Å². The van der Waals surface area contributed by atoms with E-state index in [0.717, 1.165) is 33.6 Å². The molecule has 0 unspecified atom stereocenters. The molecule has 9 heteroatoms. The molecule has 0 aromatic heterocycles. The van der Waals surface area contributed by atoms with Gasteiger partial charge in [0.15, 0.2) is 0 Å². The molecule has 0 fully saturated rings. The maximum absolute atomic E-state index is 13.2. The molecule has 0 bridgehead atoms. The van der Waals surface area contributed by atoms with Crippen molar-refractivity contribution in [3.63, 3.8) is 0 Å². The number of amides is 2. The van der Waals surface area contributed by atoms with Gasteiger partial charge >= 0.3 is 0 Å². The molecule has 0 aliphatic carbocycles. The number of benzene rings is 5. The van der Waals surface area contributed by atoms with Crippen LogP contribution in [0.1, 0.15) is 37.4 Å². The first-order valence-electron chi connectivity index (χ1n) is 14.5. The molecule has 1 aliphatic rings. The molecule has 0 spiro atoms. The third-order valence-corrected chi connectivity index (χ3v) is 9.58. The fourth-order valence-corrected chi connectivity index (χ4v) is 6.64. The highest BCUT2D eigenvalue weighted by Gasteiger charge is 2.28. The second-order valence-corrected chi connectivity index (χ2v) is 12.6. The van der Waals surface area contributed by atoms with Gasteiger partial charge in [-0.05, 0) is 71.1 Å². The van der Waals surface area contributed by atoms with Crippen molar-refractivity contribution in [2.45, 2.75) is 24.5 Å². The minimum atomic E-state index is -3.72. The topological polar surface area (TPSA) is 105 Å². The van der Waals surface area contributed by atoms with E-state index in [0.29, 0.717) is 31.7 Å². The number of carbonyl (C=O) groups is 2. The van der Waals surface area contributed by atoms with Gasteiger partial charge in [0.1, 0.15) is 12.4 Å². The van der Waals surface area contributed by atoms with E-state index in [1.807, 2.05) is 78.9 Å². The van der Waals surface area contributed by atoms with Crippen molar-refractivity contribution >= 4 is 21.8 Å². The number of hydrogen-bond acceptors (Lipinski definition) is 5. The average Bonchev–Trinajstić information content (AvgIpc) is 3.10. The van der Waals surface area contributed by atoms with E-state index in [4.69, 9.17) is 4.74 Å². The van der Waals surface area contributed by atoms with Crippen molar-refractivity contribution in [3.8, 4) is 16.9 Å². The lowest BCUT2D eigenvalue weighted by molar-refractivity contribution is 0.0846. The molecule has 5 aromatic rings. The standard InChI is InChI=1S/C36H31N3O5S/c40-35(29-16-14-26(15-17-29)25-44-34-13-7-6-12-33(34)28-9-2-1-3-10-28)37-38-36(41)30-18-20-32(21-19-30)45(42,43)39-23-22-27-8-4-5-11-31(27)24-39/h1-21H,22-25H2,(H,37,40)(H,38,41). The second-order valence-electron chi connectivity index (χ2n) is 10.6. The molecule has 2 N–H and O–H groups in total. The van der Waals surface area contributed by atoms with Crippen LogP contribution in [0.2, 0.25) is 0 Å². The Hall–Kier alpha value is -5.25. The first kappa shape index (κ1) is 29.8. The van der Waals surface area contributed by atoms with E-state index < -0.39 is 21.8 Å². The summed E-state index contributed by atoms with van der Waals surface area (Å²) in [4.78, 5) is 25.5. The molecule has 2 amide bonds. The number of hydrogen-bond donors (Lipinski definition) is 2. The molecule has 6 rings (SSSR count). The molecule has 0 radical (unpaired) electrons. The van der Waals surface area contributed by atoms with Crippen molar-refractivity contribution in [1.29, 1.82) is 0 Å². The van der Waals surface area contributed by atoms with Crippen molar-refractivity contribution < 1.29 is 22.7 Å². The van der Waals surface area contributed by atoms with Crippen LogP contribution < -0.4 is 15.6 Å². The number of sulfonamides is 1. The van der Waals surface area contributed by atoms with E-state index in [1.54, 1.807) is 24.3 Å². The molecule has 1 aliphatic heterocycles. The first-order chi connectivity index (χ1) is 21.9. The zero-order chi connectivity index (χ0) is 31.2. The fourth-order valence-electron chi connectivity index (χ4n) is 5.22. The summed E-state index contributed by atoms with van der Waals surface area (Å²) in [6.45, 7) is 1.02. The van der Waals surface area contributed by atoms with Crippen molar-refractivity contribution in [2.24, 2.45) is 0 Å². The summed E-state index contributed by atoms with van der Waals surface area (Å²) >= 11 is 0. The van der Waals surface area contributed by atoms with Gasteiger partial charge in [-0.1, -0.05) is 84.9 Å². The molecular weight excluding hydrogens is 586 g/mol. The third-order valence-electron chi connectivity index (χ3n) is 7.72. The minimum absolute atomic E-state index is 0.107. The van der Waals surface area contributed by atoms with Crippen LogP contribution >= 0.6 is 0 Å². The lowest BCUT2D eigenvalue weighted by atomic mass is 10.0. The predicted octanol–water partition coefficient (Wildman–Crippen LogP) is 5.75. The van der Waals surface area contributed by atoms with Gasteiger partial charge in [0.2, 0.25) is 10.0 Å². The molecule has 0 atom stereocenters. The number of nitrogens with zero attached hydrogens (tertiary/aromatic N) is 1. The van der Waals surface area contributed by atoms with Crippen LogP contribution in [0.25, 0.3) is 11.1 Å². The van der Waals surface area contributed by atoms with Crippen molar-refractivity contribution in [3.05, 3.63) is 155 Å². The smallest absolute Gasteiger partial charge is 0.269 e. The van der Waals surface area contributed by atoms with E-state index >= 15 is 0 Å². The number of hydrazine groups is 1. The van der Waals surface area contributed by atoms with E-state index in [9.17, 15) is 18.0 Å².